The number of rotatable bonds is 5. The third-order valence-electron chi connectivity index (χ3n) is 2.13. The topological polar surface area (TPSA) is 85.1 Å². The van der Waals surface area contributed by atoms with Gasteiger partial charge in [-0.2, -0.15) is 0 Å². The third-order valence-corrected chi connectivity index (χ3v) is 3.62. The molecule has 0 amide bonds. The van der Waals surface area contributed by atoms with Crippen molar-refractivity contribution in [3.63, 3.8) is 0 Å². The van der Waals surface area contributed by atoms with Crippen LogP contribution >= 0.6 is 11.6 Å². The van der Waals surface area contributed by atoms with E-state index >= 15 is 0 Å². The lowest BCUT2D eigenvalue weighted by atomic mass is 10.4. The van der Waals surface area contributed by atoms with Gasteiger partial charge in [0.1, 0.15) is 11.0 Å². The molecule has 0 aliphatic heterocycles. The third kappa shape index (κ3) is 4.27. The van der Waals surface area contributed by atoms with Crippen LogP contribution in [0.15, 0.2) is 12.1 Å². The first kappa shape index (κ1) is 13.9. The molecule has 0 saturated carbocycles. The number of nitrogens with zero attached hydrogens (tertiary/aromatic N) is 2. The molecule has 1 rings (SSSR count). The van der Waals surface area contributed by atoms with Gasteiger partial charge < -0.3 is 5.32 Å². The van der Waals surface area contributed by atoms with E-state index in [1.165, 1.54) is 12.1 Å². The predicted molar refractivity (Wildman–Crippen MR) is 67.9 cm³/mol. The van der Waals surface area contributed by atoms with Gasteiger partial charge in [0.05, 0.1) is 17.1 Å². The van der Waals surface area contributed by atoms with E-state index < -0.39 is 15.7 Å². The molecule has 1 heterocycles. The monoisotopic (exact) mass is 277 g/mol. The molecule has 2 atom stereocenters. The summed E-state index contributed by atoms with van der Waals surface area (Å²) in [6.45, 7) is 2.22. The Labute approximate surface area is 106 Å². The molecule has 0 fully saturated rings. The van der Waals surface area contributed by atoms with Crippen molar-refractivity contribution >= 4 is 33.9 Å². The normalized spacial score (nSPS) is 14.1. The lowest BCUT2D eigenvalue weighted by Crippen LogP contribution is -2.21. The summed E-state index contributed by atoms with van der Waals surface area (Å²) in [5.74, 6) is 0.307. The summed E-state index contributed by atoms with van der Waals surface area (Å²) in [5.41, 5.74) is -0.127. The molecule has 1 N–H and O–H groups in total. The molecule has 8 heteroatoms. The van der Waals surface area contributed by atoms with E-state index in [0.717, 1.165) is 0 Å². The van der Waals surface area contributed by atoms with Gasteiger partial charge in [-0.15, -0.1) is 0 Å². The van der Waals surface area contributed by atoms with E-state index in [-0.39, 0.29) is 16.1 Å². The van der Waals surface area contributed by atoms with Gasteiger partial charge in [0.15, 0.2) is 0 Å². The van der Waals surface area contributed by atoms with Crippen LogP contribution in [0.1, 0.15) is 6.92 Å². The maximum atomic E-state index is 11.1. The summed E-state index contributed by atoms with van der Waals surface area (Å²) >= 11 is 5.66. The first-order valence-corrected chi connectivity index (χ1v) is 6.78. The standard InChI is InChI=1S/C9H12ClN3O3S/c1-6(17(2)16)5-11-9-4-7(13(14)15)3-8(10)12-9/h3-4,6H,5H2,1-2H3,(H,11,12). The number of anilines is 1. The average molecular weight is 278 g/mol. The van der Waals surface area contributed by atoms with Gasteiger partial charge in [0.25, 0.3) is 5.69 Å². The molecule has 6 nitrogen and oxygen atoms in total. The van der Waals surface area contributed by atoms with Gasteiger partial charge in [-0.1, -0.05) is 11.6 Å². The van der Waals surface area contributed by atoms with Gasteiger partial charge in [0.2, 0.25) is 0 Å². The first-order chi connectivity index (χ1) is 7.90. The number of aromatic nitrogens is 1. The highest BCUT2D eigenvalue weighted by Gasteiger charge is 2.11. The van der Waals surface area contributed by atoms with E-state index in [9.17, 15) is 14.3 Å². The Balaban J connectivity index is 2.78. The highest BCUT2D eigenvalue weighted by molar-refractivity contribution is 7.84. The minimum atomic E-state index is -0.961. The zero-order valence-electron chi connectivity index (χ0n) is 9.34. The minimum absolute atomic E-state index is 0.0481. The molecule has 0 spiro atoms. The van der Waals surface area contributed by atoms with Crippen molar-refractivity contribution in [2.24, 2.45) is 0 Å². The van der Waals surface area contributed by atoms with Gasteiger partial charge >= 0.3 is 0 Å². The summed E-state index contributed by atoms with van der Waals surface area (Å²) in [5, 5.41) is 13.4. The maximum Gasteiger partial charge on any atom is 0.276 e. The highest BCUT2D eigenvalue weighted by atomic mass is 35.5. The number of hydrogen-bond donors (Lipinski definition) is 1. The number of pyridine rings is 1. The Morgan fingerprint density at radius 2 is 2.29 bits per heavy atom. The summed E-state index contributed by atoms with van der Waals surface area (Å²) < 4.78 is 11.1. The van der Waals surface area contributed by atoms with Crippen molar-refractivity contribution in [3.05, 3.63) is 27.4 Å². The summed E-state index contributed by atoms with van der Waals surface area (Å²) in [6, 6.07) is 2.46. The molecule has 2 unspecified atom stereocenters. The second kappa shape index (κ2) is 5.92. The van der Waals surface area contributed by atoms with Crippen LogP contribution in [-0.4, -0.2) is 32.2 Å². The Bertz CT molecular complexity index is 455. The molecule has 1 aromatic rings. The van der Waals surface area contributed by atoms with E-state index in [1.807, 2.05) is 6.92 Å². The summed E-state index contributed by atoms with van der Waals surface area (Å²) in [6.07, 6.45) is 1.60. The maximum absolute atomic E-state index is 11.1. The van der Waals surface area contributed by atoms with Gasteiger partial charge in [-0.25, -0.2) is 4.98 Å². The van der Waals surface area contributed by atoms with E-state index in [4.69, 9.17) is 11.6 Å². The molecule has 1 aromatic heterocycles. The predicted octanol–water partition coefficient (Wildman–Crippen LogP) is 1.82. The molecular formula is C9H12ClN3O3S. The number of nitrogens with one attached hydrogen (secondary N) is 1. The largest absolute Gasteiger partial charge is 0.369 e. The zero-order valence-corrected chi connectivity index (χ0v) is 10.9. The highest BCUT2D eigenvalue weighted by Crippen LogP contribution is 2.20. The van der Waals surface area contributed by atoms with Gasteiger partial charge in [-0.05, 0) is 6.92 Å². The van der Waals surface area contributed by atoms with E-state index in [0.29, 0.717) is 12.4 Å². The quantitative estimate of drug-likeness (QED) is 0.504. The van der Waals surface area contributed by atoms with Gasteiger partial charge in [-0.3, -0.25) is 14.3 Å². The Hall–Kier alpha value is -1.21. The lowest BCUT2D eigenvalue weighted by molar-refractivity contribution is -0.384. The van der Waals surface area contributed by atoms with Crippen LogP contribution in [-0.2, 0) is 10.8 Å². The fourth-order valence-electron chi connectivity index (χ4n) is 1.05. The molecule has 0 saturated heterocycles. The fourth-order valence-corrected chi connectivity index (χ4v) is 1.57. The van der Waals surface area contributed by atoms with Crippen LogP contribution in [0.5, 0.6) is 0 Å². The van der Waals surface area contributed by atoms with E-state index in [1.54, 1.807) is 6.26 Å². The van der Waals surface area contributed by atoms with Crippen LogP contribution < -0.4 is 5.32 Å². The van der Waals surface area contributed by atoms with Crippen molar-refractivity contribution in [2.45, 2.75) is 12.2 Å². The molecule has 0 aromatic carbocycles. The summed E-state index contributed by atoms with van der Waals surface area (Å²) in [7, 11) is -0.961. The summed E-state index contributed by atoms with van der Waals surface area (Å²) in [4.78, 5) is 14.0. The molecule has 17 heavy (non-hydrogen) atoms. The molecule has 0 bridgehead atoms. The van der Waals surface area contributed by atoms with Crippen molar-refractivity contribution in [1.82, 2.24) is 4.98 Å². The smallest absolute Gasteiger partial charge is 0.276 e. The van der Waals surface area contributed by atoms with Crippen LogP contribution in [0.2, 0.25) is 5.15 Å². The number of nitro groups is 1. The molecular weight excluding hydrogens is 266 g/mol. The van der Waals surface area contributed by atoms with Crippen LogP contribution in [0.3, 0.4) is 0 Å². The molecule has 94 valence electrons. The zero-order chi connectivity index (χ0) is 13.0. The van der Waals surface area contributed by atoms with Crippen molar-refractivity contribution in [2.75, 3.05) is 18.1 Å². The van der Waals surface area contributed by atoms with Crippen LogP contribution in [0.4, 0.5) is 11.5 Å². The number of hydrogen-bond acceptors (Lipinski definition) is 5. The second-order valence-electron chi connectivity index (χ2n) is 3.48. The Kier molecular flexibility index (Phi) is 4.83. The lowest BCUT2D eigenvalue weighted by Gasteiger charge is -2.10. The number of halogens is 1. The van der Waals surface area contributed by atoms with Crippen molar-refractivity contribution in [1.29, 1.82) is 0 Å². The Morgan fingerprint density at radius 1 is 1.65 bits per heavy atom. The van der Waals surface area contributed by atoms with Crippen LogP contribution in [0, 0.1) is 10.1 Å². The molecule has 0 radical (unpaired) electrons. The minimum Gasteiger partial charge on any atom is -0.369 e. The molecule has 0 aliphatic carbocycles. The SMILES string of the molecule is CC(CNc1cc([N+](=O)[O-])cc(Cl)n1)S(C)=O. The molecule has 0 aliphatic rings. The van der Waals surface area contributed by atoms with Crippen molar-refractivity contribution in [3.8, 4) is 0 Å². The average Bonchev–Trinajstić information content (AvgIpc) is 2.24. The van der Waals surface area contributed by atoms with Gasteiger partial charge in [0, 0.05) is 28.9 Å². The first-order valence-electron chi connectivity index (χ1n) is 4.78. The van der Waals surface area contributed by atoms with E-state index in [2.05, 4.69) is 10.3 Å². The fraction of sp³-hybridized carbons (Fsp3) is 0.444. The van der Waals surface area contributed by atoms with Crippen LogP contribution in [0.25, 0.3) is 0 Å². The van der Waals surface area contributed by atoms with Crippen molar-refractivity contribution < 1.29 is 9.13 Å². The Morgan fingerprint density at radius 3 is 2.82 bits per heavy atom. The second-order valence-corrected chi connectivity index (χ2v) is 5.67.